The Hall–Kier alpha value is -3.92. The maximum absolute atomic E-state index is 6.47. The molecule has 0 saturated carbocycles. The molecule has 30 heavy (non-hydrogen) atoms. The highest BCUT2D eigenvalue weighted by Gasteiger charge is 2.47. The summed E-state index contributed by atoms with van der Waals surface area (Å²) in [5.74, 6) is 0.992. The Morgan fingerprint density at radius 1 is 0.633 bits per heavy atom. The van der Waals surface area contributed by atoms with Crippen molar-refractivity contribution in [1.29, 1.82) is 0 Å². The lowest BCUT2D eigenvalue weighted by atomic mass is 9.61. The minimum atomic E-state index is 0.0401. The predicted molar refractivity (Wildman–Crippen MR) is 124 cm³/mol. The van der Waals surface area contributed by atoms with Gasteiger partial charge in [-0.05, 0) is 30.3 Å². The molecule has 0 spiro atoms. The number of anilines is 2. The molecule has 4 heterocycles. The van der Waals surface area contributed by atoms with Crippen LogP contribution in [0.5, 0.6) is 0 Å². The minimum Gasteiger partial charge on any atom is -0.456 e. The van der Waals surface area contributed by atoms with Crippen molar-refractivity contribution >= 4 is 56.6 Å². The largest absolute Gasteiger partial charge is 0.456 e. The smallest absolute Gasteiger partial charge is 0.425 e. The number of para-hydroxylation sites is 4. The zero-order valence-corrected chi connectivity index (χ0v) is 16.0. The van der Waals surface area contributed by atoms with Crippen LogP contribution in [-0.2, 0) is 0 Å². The van der Waals surface area contributed by atoms with Crippen molar-refractivity contribution in [2.75, 3.05) is 4.81 Å². The van der Waals surface area contributed by atoms with Gasteiger partial charge in [-0.15, -0.1) is 0 Å². The summed E-state index contributed by atoms with van der Waals surface area (Å²) >= 11 is 0. The van der Waals surface area contributed by atoms with Crippen LogP contribution in [0, 0.1) is 0 Å². The van der Waals surface area contributed by atoms with Crippen LogP contribution in [0.4, 0.5) is 11.4 Å². The highest BCUT2D eigenvalue weighted by Crippen LogP contribution is 2.49. The van der Waals surface area contributed by atoms with Crippen LogP contribution in [-0.4, -0.2) is 11.5 Å². The molecule has 0 aliphatic carbocycles. The Kier molecular flexibility index (Phi) is 2.49. The summed E-state index contributed by atoms with van der Waals surface area (Å²) in [5.41, 5.74) is 8.39. The van der Waals surface area contributed by atoms with Crippen LogP contribution in [0.1, 0.15) is 0 Å². The van der Waals surface area contributed by atoms with E-state index >= 15 is 0 Å². The van der Waals surface area contributed by atoms with Crippen molar-refractivity contribution in [3.8, 4) is 11.3 Å². The van der Waals surface area contributed by atoms with Gasteiger partial charge < -0.3 is 13.7 Å². The third-order valence-corrected chi connectivity index (χ3v) is 6.76. The number of hydrogen-bond acceptors (Lipinski definition) is 2. The molecule has 0 amide bonds. The molecule has 0 fully saturated rings. The highest BCUT2D eigenvalue weighted by atomic mass is 16.3. The first-order valence-corrected chi connectivity index (χ1v) is 10.3. The van der Waals surface area contributed by atoms with Crippen molar-refractivity contribution in [3.05, 3.63) is 91.0 Å². The zero-order chi connectivity index (χ0) is 19.4. The molecule has 6 aromatic rings. The summed E-state index contributed by atoms with van der Waals surface area (Å²) < 4.78 is 8.98. The lowest BCUT2D eigenvalue weighted by Gasteiger charge is -2.32. The van der Waals surface area contributed by atoms with Gasteiger partial charge in [-0.2, -0.15) is 0 Å². The number of rotatable bonds is 0. The molecular formula is C26H15BN2O. The van der Waals surface area contributed by atoms with E-state index in [2.05, 4.69) is 94.2 Å². The maximum Gasteiger partial charge on any atom is 0.425 e. The predicted octanol–water partition coefficient (Wildman–Crippen LogP) is 5.92. The Bertz CT molecular complexity index is 1680. The molecule has 0 saturated heterocycles. The fourth-order valence-corrected chi connectivity index (χ4v) is 5.65. The Labute approximate surface area is 172 Å². The Balaban J connectivity index is 1.62. The third kappa shape index (κ3) is 1.55. The summed E-state index contributed by atoms with van der Waals surface area (Å²) in [6.45, 7) is 0.0401. The van der Waals surface area contributed by atoms with Crippen LogP contribution in [0.25, 0.3) is 44.1 Å². The number of fused-ring (bicyclic) bond motifs is 13. The molecule has 0 atom stereocenters. The molecule has 0 bridgehead atoms. The molecule has 2 aliphatic heterocycles. The molecule has 2 aliphatic rings. The molecule has 0 N–H and O–H groups in total. The molecule has 4 heteroatoms. The van der Waals surface area contributed by atoms with Crippen molar-refractivity contribution in [2.45, 2.75) is 0 Å². The third-order valence-electron chi connectivity index (χ3n) is 6.76. The lowest BCUT2D eigenvalue weighted by molar-refractivity contribution is 0.633. The van der Waals surface area contributed by atoms with Crippen LogP contribution < -0.4 is 10.3 Å². The molecule has 138 valence electrons. The number of benzene rings is 4. The van der Waals surface area contributed by atoms with Crippen molar-refractivity contribution in [1.82, 2.24) is 4.48 Å². The van der Waals surface area contributed by atoms with Gasteiger partial charge in [-0.3, -0.25) is 0 Å². The Morgan fingerprint density at radius 2 is 1.37 bits per heavy atom. The van der Waals surface area contributed by atoms with Crippen LogP contribution in [0.2, 0.25) is 0 Å². The second-order valence-electron chi connectivity index (χ2n) is 8.16. The summed E-state index contributed by atoms with van der Waals surface area (Å²) in [7, 11) is 0. The van der Waals surface area contributed by atoms with E-state index in [-0.39, 0.29) is 6.98 Å². The second-order valence-corrected chi connectivity index (χ2v) is 8.16. The number of hydrogen-bond donors (Lipinski definition) is 0. The van der Waals surface area contributed by atoms with Gasteiger partial charge in [0.1, 0.15) is 11.3 Å². The number of furan rings is 1. The van der Waals surface area contributed by atoms with Crippen molar-refractivity contribution in [2.24, 2.45) is 0 Å². The molecule has 0 unspecified atom stereocenters. The fraction of sp³-hybridized carbons (Fsp3) is 0. The monoisotopic (exact) mass is 382 g/mol. The average Bonchev–Trinajstić information content (AvgIpc) is 3.46. The van der Waals surface area contributed by atoms with E-state index in [4.69, 9.17) is 4.42 Å². The highest BCUT2D eigenvalue weighted by molar-refractivity contribution is 6.84. The van der Waals surface area contributed by atoms with Gasteiger partial charge in [-0.25, -0.2) is 0 Å². The second kappa shape index (κ2) is 4.97. The average molecular weight is 382 g/mol. The van der Waals surface area contributed by atoms with Gasteiger partial charge in [-0.1, -0.05) is 60.7 Å². The summed E-state index contributed by atoms with van der Waals surface area (Å²) in [6, 6.07) is 32.5. The molecule has 4 aromatic carbocycles. The van der Waals surface area contributed by atoms with E-state index in [0.717, 1.165) is 16.9 Å². The molecule has 2 aromatic heterocycles. The minimum absolute atomic E-state index is 0.0401. The fourth-order valence-electron chi connectivity index (χ4n) is 5.65. The lowest BCUT2D eigenvalue weighted by Crippen LogP contribution is -2.51. The van der Waals surface area contributed by atoms with Gasteiger partial charge in [0, 0.05) is 38.4 Å². The van der Waals surface area contributed by atoms with Crippen molar-refractivity contribution in [3.63, 3.8) is 0 Å². The first-order valence-electron chi connectivity index (χ1n) is 10.3. The van der Waals surface area contributed by atoms with Crippen LogP contribution in [0.15, 0.2) is 95.4 Å². The normalized spacial score (nSPS) is 13.9. The van der Waals surface area contributed by atoms with Gasteiger partial charge >= 0.3 is 6.98 Å². The number of nitrogens with zero attached hydrogens (tertiary/aromatic N) is 2. The van der Waals surface area contributed by atoms with Crippen molar-refractivity contribution < 1.29 is 4.42 Å². The topological polar surface area (TPSA) is 21.3 Å². The summed E-state index contributed by atoms with van der Waals surface area (Å²) in [5, 5.41) is 3.81. The first kappa shape index (κ1) is 15.0. The van der Waals surface area contributed by atoms with Crippen LogP contribution in [0.3, 0.4) is 0 Å². The first-order chi connectivity index (χ1) is 14.9. The molecule has 8 rings (SSSR count). The van der Waals surface area contributed by atoms with Gasteiger partial charge in [0.25, 0.3) is 0 Å². The van der Waals surface area contributed by atoms with E-state index in [1.807, 2.05) is 6.07 Å². The van der Waals surface area contributed by atoms with Gasteiger partial charge in [0.15, 0.2) is 0 Å². The van der Waals surface area contributed by atoms with Gasteiger partial charge in [0.05, 0.1) is 11.2 Å². The van der Waals surface area contributed by atoms with E-state index < -0.39 is 0 Å². The van der Waals surface area contributed by atoms with E-state index in [9.17, 15) is 0 Å². The standard InChI is InChI=1S/C26H15BN2O/c1-4-12-20-16(8-1)17-11-7-14-22-25(17)29(20)27-24-19-10-3-6-15-23(19)30-26(24)18-9-2-5-13-21(18)28(22)27/h1-15H. The molecule has 0 radical (unpaired) electrons. The Morgan fingerprint density at radius 3 is 2.33 bits per heavy atom. The summed E-state index contributed by atoms with van der Waals surface area (Å²) in [4.78, 5) is 2.49. The maximum atomic E-state index is 6.47. The van der Waals surface area contributed by atoms with E-state index in [0.29, 0.717) is 0 Å². The molecule has 3 nitrogen and oxygen atoms in total. The van der Waals surface area contributed by atoms with E-state index in [1.165, 1.54) is 44.0 Å². The quantitative estimate of drug-likeness (QED) is 0.304. The zero-order valence-electron chi connectivity index (χ0n) is 16.0. The number of aromatic nitrogens is 1. The van der Waals surface area contributed by atoms with E-state index in [1.54, 1.807) is 0 Å². The SMILES string of the molecule is c1ccc2c(c1)-c1oc3ccccc3c1B1N2c2cccc3c4ccccc4n1c23. The van der Waals surface area contributed by atoms with Crippen LogP contribution >= 0.6 is 0 Å². The summed E-state index contributed by atoms with van der Waals surface area (Å²) in [6.07, 6.45) is 0. The van der Waals surface area contributed by atoms with Gasteiger partial charge in [0.2, 0.25) is 0 Å². The molecular weight excluding hydrogens is 367 g/mol.